The lowest BCUT2D eigenvalue weighted by Crippen LogP contribution is -2.20. The Bertz CT molecular complexity index is 406. The van der Waals surface area contributed by atoms with Gasteiger partial charge in [0.15, 0.2) is 0 Å². The summed E-state index contributed by atoms with van der Waals surface area (Å²) in [6.07, 6.45) is 0. The Morgan fingerprint density at radius 2 is 1.94 bits per heavy atom. The van der Waals surface area contributed by atoms with Crippen molar-refractivity contribution in [2.24, 2.45) is 0 Å². The van der Waals surface area contributed by atoms with Crippen LogP contribution < -0.4 is 5.73 Å². The zero-order valence-corrected chi connectivity index (χ0v) is 9.94. The van der Waals surface area contributed by atoms with Gasteiger partial charge in [0.1, 0.15) is 0 Å². The highest BCUT2D eigenvalue weighted by atomic mass is 32.2. The third kappa shape index (κ3) is 3.54. The summed E-state index contributed by atoms with van der Waals surface area (Å²) in [7, 11) is 0. The molecule has 2 N–H and O–H groups in total. The first-order chi connectivity index (χ1) is 7.94. The summed E-state index contributed by atoms with van der Waals surface area (Å²) in [5.41, 5.74) is 4.53. The fraction of sp³-hybridized carbons (Fsp3) is 0.455. The van der Waals surface area contributed by atoms with E-state index in [0.717, 1.165) is 11.1 Å². The van der Waals surface area contributed by atoms with E-state index in [1.54, 1.807) is 0 Å². The predicted octanol–water partition coefficient (Wildman–Crippen LogP) is 2.84. The van der Waals surface area contributed by atoms with Crippen molar-refractivity contribution < 1.29 is 13.2 Å². The first-order valence-corrected chi connectivity index (χ1v) is 6.23. The zero-order chi connectivity index (χ0) is 12.5. The molecule has 0 fully saturated rings. The van der Waals surface area contributed by atoms with Crippen molar-refractivity contribution in [2.45, 2.75) is 18.6 Å². The second-order valence-corrected chi connectivity index (χ2v) is 5.19. The monoisotopic (exact) mass is 262 g/mol. The fourth-order valence-electron chi connectivity index (χ4n) is 1.93. The summed E-state index contributed by atoms with van der Waals surface area (Å²) >= 11 is 0.0359. The van der Waals surface area contributed by atoms with Gasteiger partial charge in [0.25, 0.3) is 0 Å². The molecule has 17 heavy (non-hydrogen) atoms. The molecule has 1 aliphatic heterocycles. The minimum Gasteiger partial charge on any atom is -0.399 e. The Morgan fingerprint density at radius 1 is 1.24 bits per heavy atom. The second-order valence-electron chi connectivity index (χ2n) is 4.03. The van der Waals surface area contributed by atoms with Gasteiger partial charge in [0, 0.05) is 31.1 Å². The lowest BCUT2D eigenvalue weighted by atomic mass is 10.1. The maximum absolute atomic E-state index is 12.0. The van der Waals surface area contributed by atoms with Gasteiger partial charge in [-0.3, -0.25) is 4.90 Å². The molecule has 94 valence electrons. The molecular weight excluding hydrogens is 249 g/mol. The van der Waals surface area contributed by atoms with Crippen LogP contribution in [0, 0.1) is 0 Å². The Balaban J connectivity index is 1.84. The average Bonchev–Trinajstić information content (AvgIpc) is 2.57. The zero-order valence-electron chi connectivity index (χ0n) is 9.13. The molecule has 1 aromatic carbocycles. The van der Waals surface area contributed by atoms with Gasteiger partial charge in [-0.25, -0.2) is 0 Å². The van der Waals surface area contributed by atoms with E-state index in [1.807, 2.05) is 23.1 Å². The van der Waals surface area contributed by atoms with Crippen molar-refractivity contribution in [2.75, 3.05) is 18.0 Å². The molecule has 6 heteroatoms. The third-order valence-electron chi connectivity index (χ3n) is 2.69. The van der Waals surface area contributed by atoms with E-state index in [4.69, 9.17) is 5.73 Å². The molecular formula is C11H13F3N2S. The molecule has 1 heterocycles. The minimum absolute atomic E-state index is 0.0359. The number of nitrogens with zero attached hydrogens (tertiary/aromatic N) is 1. The van der Waals surface area contributed by atoms with Gasteiger partial charge in [-0.1, -0.05) is 6.07 Å². The van der Waals surface area contributed by atoms with Crippen LogP contribution in [0.4, 0.5) is 18.9 Å². The highest BCUT2D eigenvalue weighted by Crippen LogP contribution is 2.31. The SMILES string of the molecule is Nc1ccc2c(c1)CN(CCSC(F)(F)F)C2. The first kappa shape index (κ1) is 12.6. The summed E-state index contributed by atoms with van der Waals surface area (Å²) in [5, 5.41) is 0. The van der Waals surface area contributed by atoms with E-state index < -0.39 is 5.51 Å². The van der Waals surface area contributed by atoms with E-state index >= 15 is 0 Å². The smallest absolute Gasteiger partial charge is 0.399 e. The largest absolute Gasteiger partial charge is 0.441 e. The normalized spacial score (nSPS) is 16.2. The minimum atomic E-state index is -4.13. The number of halogens is 3. The van der Waals surface area contributed by atoms with E-state index in [-0.39, 0.29) is 17.5 Å². The summed E-state index contributed by atoms with van der Waals surface area (Å²) in [6.45, 7) is 1.85. The number of alkyl halides is 3. The van der Waals surface area contributed by atoms with Gasteiger partial charge in [-0.05, 0) is 35.0 Å². The van der Waals surface area contributed by atoms with Crippen LogP contribution >= 0.6 is 11.8 Å². The molecule has 1 aliphatic rings. The number of nitrogen functional groups attached to an aromatic ring is 1. The number of hydrogen-bond acceptors (Lipinski definition) is 3. The number of benzene rings is 1. The number of anilines is 1. The van der Waals surface area contributed by atoms with Crippen LogP contribution in [-0.2, 0) is 13.1 Å². The predicted molar refractivity (Wildman–Crippen MR) is 63.5 cm³/mol. The highest BCUT2D eigenvalue weighted by Gasteiger charge is 2.28. The summed E-state index contributed by atoms with van der Waals surface area (Å²) in [6, 6.07) is 5.67. The number of thioether (sulfide) groups is 1. The van der Waals surface area contributed by atoms with E-state index in [9.17, 15) is 13.2 Å². The first-order valence-electron chi connectivity index (χ1n) is 5.24. The van der Waals surface area contributed by atoms with E-state index in [1.165, 1.54) is 0 Å². The summed E-state index contributed by atoms with van der Waals surface area (Å²) in [4.78, 5) is 2.00. The molecule has 2 rings (SSSR count). The standard InChI is InChI=1S/C11H13F3N2S/c12-11(13,14)17-4-3-16-6-8-1-2-10(15)5-9(8)7-16/h1-2,5H,3-4,6-7,15H2. The van der Waals surface area contributed by atoms with Crippen molar-refractivity contribution in [3.63, 3.8) is 0 Å². The molecule has 2 nitrogen and oxygen atoms in total. The lowest BCUT2D eigenvalue weighted by Gasteiger charge is -2.14. The molecule has 0 saturated carbocycles. The van der Waals surface area contributed by atoms with Crippen molar-refractivity contribution in [3.05, 3.63) is 29.3 Å². The van der Waals surface area contributed by atoms with Crippen LogP contribution in [0.15, 0.2) is 18.2 Å². The quantitative estimate of drug-likeness (QED) is 0.849. The van der Waals surface area contributed by atoms with Gasteiger partial charge >= 0.3 is 5.51 Å². The molecule has 1 aromatic rings. The Morgan fingerprint density at radius 3 is 2.65 bits per heavy atom. The van der Waals surface area contributed by atoms with Crippen LogP contribution in [0.25, 0.3) is 0 Å². The number of hydrogen-bond donors (Lipinski definition) is 1. The van der Waals surface area contributed by atoms with Crippen molar-refractivity contribution in [3.8, 4) is 0 Å². The Hall–Kier alpha value is -0.880. The van der Waals surface area contributed by atoms with Crippen LogP contribution in [0.2, 0.25) is 0 Å². The average molecular weight is 262 g/mol. The Labute approximate surface area is 102 Å². The summed E-state index contributed by atoms with van der Waals surface area (Å²) < 4.78 is 35.9. The number of fused-ring (bicyclic) bond motifs is 1. The molecule has 0 spiro atoms. The van der Waals surface area contributed by atoms with Crippen LogP contribution in [0.3, 0.4) is 0 Å². The van der Waals surface area contributed by atoms with Gasteiger partial charge in [-0.15, -0.1) is 0 Å². The highest BCUT2D eigenvalue weighted by molar-refractivity contribution is 8.00. The second kappa shape index (κ2) is 4.78. The molecule has 0 unspecified atom stereocenters. The number of rotatable bonds is 3. The van der Waals surface area contributed by atoms with Gasteiger partial charge in [0.2, 0.25) is 0 Å². The maximum Gasteiger partial charge on any atom is 0.441 e. The molecule has 0 radical (unpaired) electrons. The molecule has 0 amide bonds. The molecule has 0 aliphatic carbocycles. The van der Waals surface area contributed by atoms with Crippen molar-refractivity contribution in [1.82, 2.24) is 4.90 Å². The van der Waals surface area contributed by atoms with Crippen LogP contribution in [0.1, 0.15) is 11.1 Å². The Kier molecular flexibility index (Phi) is 3.53. The third-order valence-corrected chi connectivity index (χ3v) is 3.41. The molecule has 0 atom stereocenters. The van der Waals surface area contributed by atoms with Gasteiger partial charge < -0.3 is 5.73 Å². The molecule has 0 aromatic heterocycles. The maximum atomic E-state index is 12.0. The molecule has 0 bridgehead atoms. The molecule has 0 saturated heterocycles. The van der Waals surface area contributed by atoms with Crippen LogP contribution in [0.5, 0.6) is 0 Å². The fourth-order valence-corrected chi connectivity index (χ4v) is 2.51. The lowest BCUT2D eigenvalue weighted by molar-refractivity contribution is -0.0328. The van der Waals surface area contributed by atoms with E-state index in [2.05, 4.69) is 0 Å². The van der Waals surface area contributed by atoms with Gasteiger partial charge in [0.05, 0.1) is 0 Å². The van der Waals surface area contributed by atoms with Crippen molar-refractivity contribution in [1.29, 1.82) is 0 Å². The van der Waals surface area contributed by atoms with E-state index in [0.29, 0.717) is 25.3 Å². The summed E-state index contributed by atoms with van der Waals surface area (Å²) in [5.74, 6) is 0.0764. The van der Waals surface area contributed by atoms with Gasteiger partial charge in [-0.2, -0.15) is 13.2 Å². The number of nitrogens with two attached hydrogens (primary N) is 1. The topological polar surface area (TPSA) is 29.3 Å². The van der Waals surface area contributed by atoms with Crippen molar-refractivity contribution >= 4 is 17.4 Å². The van der Waals surface area contributed by atoms with Crippen LogP contribution in [-0.4, -0.2) is 22.7 Å².